The van der Waals surface area contributed by atoms with Gasteiger partial charge in [-0.15, -0.1) is 0 Å². The van der Waals surface area contributed by atoms with E-state index in [1.54, 1.807) is 30.5 Å². The lowest BCUT2D eigenvalue weighted by molar-refractivity contribution is 0.102. The first-order valence-corrected chi connectivity index (χ1v) is 8.36. The van der Waals surface area contributed by atoms with Gasteiger partial charge in [-0.1, -0.05) is 35.3 Å². The fraction of sp³-hybridized carbons (Fsp3) is 0. The highest BCUT2D eigenvalue weighted by Gasteiger charge is 2.12. The Morgan fingerprint density at radius 3 is 2.33 bits per heavy atom. The molecule has 0 bridgehead atoms. The molecule has 0 aliphatic carbocycles. The number of benzene rings is 2. The molecule has 24 heavy (non-hydrogen) atoms. The van der Waals surface area contributed by atoms with E-state index < -0.39 is 0 Å². The van der Waals surface area contributed by atoms with Gasteiger partial charge in [0.05, 0.1) is 20.2 Å². The molecule has 0 fully saturated rings. The molecule has 0 saturated heterocycles. The molecule has 8 heteroatoms. The Labute approximate surface area is 156 Å². The molecule has 0 unspecified atom stereocenters. The molecule has 1 aromatic heterocycles. The molecule has 0 saturated carbocycles. The second-order valence-electron chi connectivity index (χ2n) is 4.96. The van der Waals surface area contributed by atoms with Crippen LogP contribution in [0.15, 0.2) is 47.1 Å². The van der Waals surface area contributed by atoms with Crippen molar-refractivity contribution < 1.29 is 4.79 Å². The number of nitrogen functional groups attached to an aromatic ring is 1. The van der Waals surface area contributed by atoms with Gasteiger partial charge in [-0.2, -0.15) is 0 Å². The lowest BCUT2D eigenvalue weighted by Gasteiger charge is -2.08. The quantitative estimate of drug-likeness (QED) is 0.517. The molecule has 122 valence electrons. The van der Waals surface area contributed by atoms with Crippen LogP contribution in [0.1, 0.15) is 10.4 Å². The Morgan fingerprint density at radius 2 is 1.79 bits per heavy atom. The summed E-state index contributed by atoms with van der Waals surface area (Å²) in [7, 11) is 0. The Bertz CT molecular complexity index is 886. The van der Waals surface area contributed by atoms with Crippen molar-refractivity contribution in [1.29, 1.82) is 0 Å². The van der Waals surface area contributed by atoms with E-state index in [4.69, 9.17) is 28.9 Å². The smallest absolute Gasteiger partial charge is 0.255 e. The number of nitrogens with two attached hydrogens (primary N) is 1. The lowest BCUT2D eigenvalue weighted by atomic mass is 10.1. The van der Waals surface area contributed by atoms with Crippen LogP contribution >= 0.6 is 39.1 Å². The van der Waals surface area contributed by atoms with Gasteiger partial charge in [-0.05, 0) is 40.2 Å². The summed E-state index contributed by atoms with van der Waals surface area (Å²) in [5.41, 5.74) is 8.19. The van der Waals surface area contributed by atoms with Gasteiger partial charge in [-0.25, -0.2) is 4.98 Å². The van der Waals surface area contributed by atoms with Crippen LogP contribution in [0, 0.1) is 0 Å². The second-order valence-corrected chi connectivity index (χ2v) is 6.56. The zero-order valence-corrected chi connectivity index (χ0v) is 15.2. The third-order valence-corrected chi connectivity index (χ3v) is 5.19. The van der Waals surface area contributed by atoms with Crippen LogP contribution in [0.2, 0.25) is 10.0 Å². The number of carbonyl (C=O) groups is 1. The second kappa shape index (κ2) is 6.84. The minimum Gasteiger partial charge on any atom is -0.369 e. The number of hydrogen-bond donors (Lipinski definition) is 3. The van der Waals surface area contributed by atoms with E-state index in [1.165, 1.54) is 0 Å². The highest BCUT2D eigenvalue weighted by atomic mass is 79.9. The molecule has 0 aliphatic rings. The summed E-state index contributed by atoms with van der Waals surface area (Å²) >= 11 is 15.3. The Kier molecular flexibility index (Phi) is 4.80. The zero-order valence-electron chi connectivity index (χ0n) is 12.1. The van der Waals surface area contributed by atoms with Crippen LogP contribution in [0.3, 0.4) is 0 Å². The Balaban J connectivity index is 1.77. The molecule has 1 amide bonds. The number of imidazole rings is 1. The Morgan fingerprint density at radius 1 is 1.17 bits per heavy atom. The van der Waals surface area contributed by atoms with Crippen molar-refractivity contribution in [3.63, 3.8) is 0 Å². The van der Waals surface area contributed by atoms with Crippen molar-refractivity contribution in [2.24, 2.45) is 0 Å². The fourth-order valence-electron chi connectivity index (χ4n) is 2.10. The molecule has 0 spiro atoms. The molecule has 3 aromatic rings. The molecular weight excluding hydrogens is 415 g/mol. The summed E-state index contributed by atoms with van der Waals surface area (Å²) in [4.78, 5) is 19.3. The number of hydrogen-bond acceptors (Lipinski definition) is 3. The number of amides is 1. The molecule has 5 nitrogen and oxygen atoms in total. The van der Waals surface area contributed by atoms with Crippen LogP contribution in [-0.4, -0.2) is 15.9 Å². The molecule has 3 rings (SSSR count). The van der Waals surface area contributed by atoms with Gasteiger partial charge in [0, 0.05) is 23.0 Å². The van der Waals surface area contributed by atoms with E-state index in [-0.39, 0.29) is 5.91 Å². The van der Waals surface area contributed by atoms with E-state index in [0.717, 1.165) is 11.3 Å². The third kappa shape index (κ3) is 3.56. The number of carbonyl (C=O) groups excluding carboxylic acids is 1. The maximum Gasteiger partial charge on any atom is 0.255 e. The maximum atomic E-state index is 12.3. The largest absolute Gasteiger partial charge is 0.369 e. The number of nitrogens with zero attached hydrogens (tertiary/aromatic N) is 1. The van der Waals surface area contributed by atoms with Crippen LogP contribution < -0.4 is 11.1 Å². The van der Waals surface area contributed by atoms with Gasteiger partial charge in [0.15, 0.2) is 5.95 Å². The first-order chi connectivity index (χ1) is 11.4. The third-order valence-electron chi connectivity index (χ3n) is 3.28. The summed E-state index contributed by atoms with van der Waals surface area (Å²) in [6.45, 7) is 0. The standard InChI is InChI=1S/C16H11BrCl2N4O/c17-14-11(18)5-9(6-12(14)19)15(24)22-10-3-1-8(2-4-10)13-7-21-16(20)23-13/h1-7H,(H,22,24)(H3,20,21,23). The highest BCUT2D eigenvalue weighted by molar-refractivity contribution is 9.10. The molecule has 0 radical (unpaired) electrons. The monoisotopic (exact) mass is 424 g/mol. The molecule has 0 atom stereocenters. The normalized spacial score (nSPS) is 10.6. The summed E-state index contributed by atoms with van der Waals surface area (Å²) in [6.07, 6.45) is 1.72. The number of aromatic nitrogens is 2. The van der Waals surface area contributed by atoms with E-state index in [1.807, 2.05) is 12.1 Å². The maximum absolute atomic E-state index is 12.3. The highest BCUT2D eigenvalue weighted by Crippen LogP contribution is 2.32. The van der Waals surface area contributed by atoms with Crippen LogP contribution in [0.5, 0.6) is 0 Å². The van der Waals surface area contributed by atoms with Gasteiger partial charge < -0.3 is 16.0 Å². The van der Waals surface area contributed by atoms with Crippen LogP contribution in [-0.2, 0) is 0 Å². The van der Waals surface area contributed by atoms with E-state index in [2.05, 4.69) is 31.2 Å². The SMILES string of the molecule is Nc1nc(-c2ccc(NC(=O)c3cc(Cl)c(Br)c(Cl)c3)cc2)c[nH]1. The Hall–Kier alpha value is -2.02. The summed E-state index contributed by atoms with van der Waals surface area (Å²) in [6, 6.07) is 10.3. The fourth-order valence-corrected chi connectivity index (χ4v) is 2.81. The lowest BCUT2D eigenvalue weighted by Crippen LogP contribution is -2.11. The van der Waals surface area contributed by atoms with Crippen molar-refractivity contribution in [3.8, 4) is 11.3 Å². The number of rotatable bonds is 3. The van der Waals surface area contributed by atoms with Crippen LogP contribution in [0.25, 0.3) is 11.3 Å². The van der Waals surface area contributed by atoms with Crippen molar-refractivity contribution in [1.82, 2.24) is 9.97 Å². The average molecular weight is 426 g/mol. The minimum atomic E-state index is -0.303. The van der Waals surface area contributed by atoms with E-state index >= 15 is 0 Å². The predicted molar refractivity (Wildman–Crippen MR) is 101 cm³/mol. The summed E-state index contributed by atoms with van der Waals surface area (Å²) in [5, 5.41) is 3.54. The topological polar surface area (TPSA) is 83.8 Å². The number of H-pyrrole nitrogens is 1. The van der Waals surface area contributed by atoms with Gasteiger partial charge in [0.25, 0.3) is 5.91 Å². The van der Waals surface area contributed by atoms with Crippen molar-refractivity contribution in [3.05, 3.63) is 62.7 Å². The summed E-state index contributed by atoms with van der Waals surface area (Å²) in [5.74, 6) is 0.0504. The molecule has 0 aliphatic heterocycles. The van der Waals surface area contributed by atoms with Crippen molar-refractivity contribution >= 4 is 56.7 Å². The number of nitrogens with one attached hydrogen (secondary N) is 2. The zero-order chi connectivity index (χ0) is 17.3. The van der Waals surface area contributed by atoms with Crippen molar-refractivity contribution in [2.75, 3.05) is 11.1 Å². The molecule has 1 heterocycles. The first-order valence-electron chi connectivity index (χ1n) is 6.81. The minimum absolute atomic E-state index is 0.303. The molecular formula is C16H11BrCl2N4O. The number of halogens is 3. The first kappa shape index (κ1) is 16.8. The predicted octanol–water partition coefficient (Wildman–Crippen LogP) is 4.98. The van der Waals surface area contributed by atoms with Gasteiger partial charge in [-0.3, -0.25) is 4.79 Å². The van der Waals surface area contributed by atoms with E-state index in [0.29, 0.717) is 31.7 Å². The average Bonchev–Trinajstić information content (AvgIpc) is 2.99. The van der Waals surface area contributed by atoms with Crippen LogP contribution in [0.4, 0.5) is 11.6 Å². The number of aromatic amines is 1. The molecule has 4 N–H and O–H groups in total. The van der Waals surface area contributed by atoms with Gasteiger partial charge >= 0.3 is 0 Å². The van der Waals surface area contributed by atoms with Gasteiger partial charge in [0.2, 0.25) is 0 Å². The van der Waals surface area contributed by atoms with Gasteiger partial charge in [0.1, 0.15) is 0 Å². The summed E-state index contributed by atoms with van der Waals surface area (Å²) < 4.78 is 0.560. The van der Waals surface area contributed by atoms with Crippen molar-refractivity contribution in [2.45, 2.75) is 0 Å². The molecule has 2 aromatic carbocycles. The number of anilines is 2. The van der Waals surface area contributed by atoms with E-state index in [9.17, 15) is 4.79 Å².